The fourth-order valence-corrected chi connectivity index (χ4v) is 3.63. The number of amides is 1. The van der Waals surface area contributed by atoms with Gasteiger partial charge in [0.1, 0.15) is 0 Å². The summed E-state index contributed by atoms with van der Waals surface area (Å²) in [5.41, 5.74) is 3.33. The van der Waals surface area contributed by atoms with Crippen LogP contribution in [0.3, 0.4) is 0 Å². The van der Waals surface area contributed by atoms with E-state index >= 15 is 0 Å². The van der Waals surface area contributed by atoms with Crippen LogP contribution in [0, 0.1) is 0 Å². The van der Waals surface area contributed by atoms with Gasteiger partial charge in [0.2, 0.25) is 11.8 Å². The molecule has 1 aliphatic rings. The van der Waals surface area contributed by atoms with Crippen molar-refractivity contribution < 1.29 is 18.7 Å². The van der Waals surface area contributed by atoms with Crippen molar-refractivity contribution in [3.8, 4) is 23.0 Å². The molecule has 3 rings (SSSR count). The zero-order chi connectivity index (χ0) is 19.2. The summed E-state index contributed by atoms with van der Waals surface area (Å²) in [7, 11) is 3.13. The molecule has 1 aromatic heterocycles. The first-order chi connectivity index (χ1) is 13.1. The molecule has 1 aliphatic heterocycles. The molecule has 0 spiro atoms. The highest BCUT2D eigenvalue weighted by Crippen LogP contribution is 2.32. The molecule has 0 fully saturated rings. The van der Waals surface area contributed by atoms with Gasteiger partial charge in [0.25, 0.3) is 5.22 Å². The van der Waals surface area contributed by atoms with E-state index in [0.717, 1.165) is 11.5 Å². The third-order valence-electron chi connectivity index (χ3n) is 3.52. The van der Waals surface area contributed by atoms with Gasteiger partial charge in [0, 0.05) is 5.56 Å². The molecular formula is C16H19N5O4S2. The number of nitrogens with one attached hydrogen (secondary N) is 2. The number of hydrogen-bond donors (Lipinski definition) is 2. The summed E-state index contributed by atoms with van der Waals surface area (Å²) in [6.07, 6.45) is 0.833. The molecule has 11 heteroatoms. The van der Waals surface area contributed by atoms with Crippen molar-refractivity contribution in [1.29, 1.82) is 0 Å². The van der Waals surface area contributed by atoms with Crippen molar-refractivity contribution in [2.45, 2.75) is 24.1 Å². The smallest absolute Gasteiger partial charge is 0.277 e. The highest BCUT2D eigenvalue weighted by Gasteiger charge is 2.20. The molecule has 144 valence electrons. The number of carbonyl (C=O) groups excluding carboxylic acids is 1. The van der Waals surface area contributed by atoms with Crippen LogP contribution in [0.1, 0.15) is 13.3 Å². The van der Waals surface area contributed by atoms with Crippen molar-refractivity contribution in [3.05, 3.63) is 18.2 Å². The zero-order valence-corrected chi connectivity index (χ0v) is 16.6. The van der Waals surface area contributed by atoms with Gasteiger partial charge in [0.05, 0.1) is 25.0 Å². The summed E-state index contributed by atoms with van der Waals surface area (Å²) < 4.78 is 16.1. The maximum atomic E-state index is 12.0. The summed E-state index contributed by atoms with van der Waals surface area (Å²) in [4.78, 5) is 12.0. The van der Waals surface area contributed by atoms with Crippen LogP contribution in [-0.2, 0) is 4.79 Å². The summed E-state index contributed by atoms with van der Waals surface area (Å²) in [5, 5.41) is 16.2. The highest BCUT2D eigenvalue weighted by molar-refractivity contribution is 8.14. The molecule has 0 saturated carbocycles. The van der Waals surface area contributed by atoms with E-state index in [2.05, 4.69) is 26.0 Å². The molecule has 2 N–H and O–H groups in total. The number of benzene rings is 1. The van der Waals surface area contributed by atoms with E-state index < -0.39 is 0 Å². The Morgan fingerprint density at radius 2 is 2.15 bits per heavy atom. The number of hydrazone groups is 1. The number of methoxy groups -OCH3 is 2. The van der Waals surface area contributed by atoms with E-state index in [9.17, 15) is 4.79 Å². The van der Waals surface area contributed by atoms with Crippen LogP contribution in [0.5, 0.6) is 11.5 Å². The second kappa shape index (κ2) is 9.00. The molecule has 0 saturated heterocycles. The average Bonchev–Trinajstić information content (AvgIpc) is 3.35. The summed E-state index contributed by atoms with van der Waals surface area (Å²) in [6.45, 7) is 2.01. The van der Waals surface area contributed by atoms with Crippen LogP contribution in [-0.4, -0.2) is 46.6 Å². The zero-order valence-electron chi connectivity index (χ0n) is 15.0. The SMILES string of the molecule is CCC1=NNC(NC(=O)CSc2nnc(-c3ccc(OC)c(OC)c3)o2)S1. The first kappa shape index (κ1) is 19.4. The monoisotopic (exact) mass is 409 g/mol. The van der Waals surface area contributed by atoms with Gasteiger partial charge < -0.3 is 19.2 Å². The second-order valence-corrected chi connectivity index (χ2v) is 7.39. The van der Waals surface area contributed by atoms with Crippen molar-refractivity contribution in [2.75, 3.05) is 20.0 Å². The average molecular weight is 409 g/mol. The lowest BCUT2D eigenvalue weighted by Crippen LogP contribution is -2.39. The lowest BCUT2D eigenvalue weighted by atomic mass is 10.2. The number of nitrogens with zero attached hydrogens (tertiary/aromatic N) is 3. The molecule has 0 bridgehead atoms. The van der Waals surface area contributed by atoms with E-state index in [4.69, 9.17) is 13.9 Å². The third-order valence-corrected chi connectivity index (χ3v) is 5.45. The van der Waals surface area contributed by atoms with Crippen LogP contribution in [0.15, 0.2) is 32.9 Å². The van der Waals surface area contributed by atoms with E-state index in [1.54, 1.807) is 32.4 Å². The Morgan fingerprint density at radius 3 is 2.85 bits per heavy atom. The second-order valence-electron chi connectivity index (χ2n) is 5.29. The van der Waals surface area contributed by atoms with Gasteiger partial charge in [-0.3, -0.25) is 10.2 Å². The summed E-state index contributed by atoms with van der Waals surface area (Å²) in [5.74, 6) is 1.53. The van der Waals surface area contributed by atoms with E-state index in [0.29, 0.717) is 28.2 Å². The number of ether oxygens (including phenoxy) is 2. The van der Waals surface area contributed by atoms with Crippen LogP contribution >= 0.6 is 23.5 Å². The predicted octanol–water partition coefficient (Wildman–Crippen LogP) is 2.31. The molecule has 0 radical (unpaired) electrons. The molecular weight excluding hydrogens is 390 g/mol. The van der Waals surface area contributed by atoms with E-state index in [-0.39, 0.29) is 17.2 Å². The van der Waals surface area contributed by atoms with Gasteiger partial charge in [0.15, 0.2) is 17.0 Å². The minimum Gasteiger partial charge on any atom is -0.493 e. The van der Waals surface area contributed by atoms with Crippen molar-refractivity contribution >= 4 is 34.5 Å². The van der Waals surface area contributed by atoms with E-state index in [1.165, 1.54) is 23.5 Å². The highest BCUT2D eigenvalue weighted by atomic mass is 32.2. The van der Waals surface area contributed by atoms with Crippen molar-refractivity contribution in [2.24, 2.45) is 5.10 Å². The standard InChI is InChI=1S/C16H19N5O4S2/c1-4-13-18-20-15(27-13)17-12(22)8-26-16-21-19-14(25-16)9-5-6-10(23-2)11(7-9)24-3/h5-7,15,20H,4,8H2,1-3H3,(H,17,22). The molecule has 1 aromatic carbocycles. The molecule has 1 atom stereocenters. The lowest BCUT2D eigenvalue weighted by Gasteiger charge is -2.10. The maximum Gasteiger partial charge on any atom is 0.277 e. The summed E-state index contributed by atoms with van der Waals surface area (Å²) in [6, 6.07) is 5.31. The lowest BCUT2D eigenvalue weighted by molar-refractivity contribution is -0.118. The molecule has 2 aromatic rings. The molecule has 27 heavy (non-hydrogen) atoms. The Bertz CT molecular complexity index is 842. The van der Waals surface area contributed by atoms with Gasteiger partial charge in [-0.15, -0.1) is 10.2 Å². The van der Waals surface area contributed by atoms with Gasteiger partial charge in [-0.05, 0) is 24.6 Å². The molecule has 1 amide bonds. The van der Waals surface area contributed by atoms with Crippen LogP contribution in [0.2, 0.25) is 0 Å². The Kier molecular flexibility index (Phi) is 6.45. The topological polar surface area (TPSA) is 111 Å². The molecule has 2 heterocycles. The number of hydrogen-bond acceptors (Lipinski definition) is 10. The first-order valence-corrected chi connectivity index (χ1v) is 9.96. The number of rotatable bonds is 8. The van der Waals surface area contributed by atoms with Crippen molar-refractivity contribution in [1.82, 2.24) is 20.9 Å². The van der Waals surface area contributed by atoms with Crippen LogP contribution in [0.25, 0.3) is 11.5 Å². The Hall–Kier alpha value is -2.40. The number of carbonyl (C=O) groups is 1. The van der Waals surface area contributed by atoms with Gasteiger partial charge in [-0.2, -0.15) is 5.10 Å². The number of thioether (sulfide) groups is 2. The normalized spacial score (nSPS) is 15.8. The van der Waals surface area contributed by atoms with Crippen LogP contribution in [0.4, 0.5) is 0 Å². The third kappa shape index (κ3) is 4.86. The summed E-state index contributed by atoms with van der Waals surface area (Å²) >= 11 is 2.66. The Morgan fingerprint density at radius 1 is 1.33 bits per heavy atom. The van der Waals surface area contributed by atoms with Gasteiger partial charge in [-0.1, -0.05) is 30.4 Å². The largest absolute Gasteiger partial charge is 0.493 e. The molecule has 9 nitrogen and oxygen atoms in total. The van der Waals surface area contributed by atoms with E-state index in [1.807, 2.05) is 6.92 Å². The van der Waals surface area contributed by atoms with Crippen LogP contribution < -0.4 is 20.2 Å². The quantitative estimate of drug-likeness (QED) is 0.634. The molecule has 0 aliphatic carbocycles. The number of aromatic nitrogens is 2. The van der Waals surface area contributed by atoms with Crippen molar-refractivity contribution in [3.63, 3.8) is 0 Å². The Balaban J connectivity index is 1.54. The fourth-order valence-electron chi connectivity index (χ4n) is 2.21. The van der Waals surface area contributed by atoms with Gasteiger partial charge in [-0.25, -0.2) is 0 Å². The minimum absolute atomic E-state index is 0.150. The minimum atomic E-state index is -0.238. The molecule has 1 unspecified atom stereocenters. The fraction of sp³-hybridized carbons (Fsp3) is 0.375. The predicted molar refractivity (Wildman–Crippen MR) is 104 cm³/mol. The Labute approximate surface area is 164 Å². The first-order valence-electron chi connectivity index (χ1n) is 8.09. The van der Waals surface area contributed by atoms with Gasteiger partial charge >= 0.3 is 0 Å². The maximum absolute atomic E-state index is 12.0.